The molecule has 2 aliphatic rings. The Morgan fingerprint density at radius 3 is 2.50 bits per heavy atom. The number of nitrogens with one attached hydrogen (secondary N) is 1. The van der Waals surface area contributed by atoms with Crippen molar-refractivity contribution in [1.29, 1.82) is 5.26 Å². The third-order valence-electron chi connectivity index (χ3n) is 8.05. The van der Waals surface area contributed by atoms with E-state index >= 15 is 4.39 Å². The van der Waals surface area contributed by atoms with Gasteiger partial charge in [0.1, 0.15) is 17.4 Å². The summed E-state index contributed by atoms with van der Waals surface area (Å²) in [6.45, 7) is 5.17. The van der Waals surface area contributed by atoms with Gasteiger partial charge in [-0.05, 0) is 68.9 Å². The molecule has 2 fully saturated rings. The van der Waals surface area contributed by atoms with Crippen LogP contribution < -0.4 is 15.1 Å². The normalized spacial score (nSPS) is 18.2. The summed E-state index contributed by atoms with van der Waals surface area (Å²) in [7, 11) is 0. The molecule has 46 heavy (non-hydrogen) atoms. The highest BCUT2D eigenvalue weighted by Gasteiger charge is 2.52. The Kier molecular flexibility index (Phi) is 8.92. The van der Waals surface area contributed by atoms with Gasteiger partial charge < -0.3 is 19.9 Å². The number of carbonyl (C=O) groups excluding carboxylic acids is 3. The first kappa shape index (κ1) is 32.6. The number of thiocarbonyl (C=S) groups is 1. The zero-order valence-electron chi connectivity index (χ0n) is 24.8. The fourth-order valence-corrected chi connectivity index (χ4v) is 6.20. The van der Waals surface area contributed by atoms with Crippen LogP contribution in [-0.2, 0) is 15.8 Å². The van der Waals surface area contributed by atoms with E-state index in [-0.39, 0.29) is 17.1 Å². The lowest BCUT2D eigenvalue weighted by molar-refractivity contribution is -0.140. The summed E-state index contributed by atoms with van der Waals surface area (Å²) in [5.41, 5.74) is -2.77. The van der Waals surface area contributed by atoms with E-state index in [2.05, 4.69) is 15.2 Å². The summed E-state index contributed by atoms with van der Waals surface area (Å²) in [5.74, 6) is -2.75. The zero-order valence-corrected chi connectivity index (χ0v) is 25.6. The molecule has 1 unspecified atom stereocenters. The van der Waals surface area contributed by atoms with E-state index in [1.54, 1.807) is 36.4 Å². The molecule has 0 bridgehead atoms. The number of aldehydes is 1. The summed E-state index contributed by atoms with van der Waals surface area (Å²) in [6, 6.07) is 13.2. The van der Waals surface area contributed by atoms with Gasteiger partial charge in [-0.25, -0.2) is 4.39 Å². The predicted molar refractivity (Wildman–Crippen MR) is 165 cm³/mol. The molecule has 1 N–H and O–H groups in total. The molecule has 2 amide bonds. The van der Waals surface area contributed by atoms with E-state index in [1.165, 1.54) is 31.0 Å². The minimum atomic E-state index is -5.18. The van der Waals surface area contributed by atoms with Crippen LogP contribution in [0.1, 0.15) is 48.2 Å². The average molecular weight is 653 g/mol. The van der Waals surface area contributed by atoms with Gasteiger partial charge in [0.25, 0.3) is 11.8 Å². The van der Waals surface area contributed by atoms with Gasteiger partial charge >= 0.3 is 6.18 Å². The first-order valence-electron chi connectivity index (χ1n) is 14.3. The number of halogens is 4. The molecular formula is C32H28F4N6O3S. The Balaban J connectivity index is 1.33. The molecule has 5 rings (SSSR count). The van der Waals surface area contributed by atoms with Gasteiger partial charge in [-0.1, -0.05) is 12.1 Å². The lowest BCUT2D eigenvalue weighted by Gasteiger charge is -2.29. The average Bonchev–Trinajstić information content (AvgIpc) is 3.53. The molecule has 1 atom stereocenters. The maximum Gasteiger partial charge on any atom is 0.420 e. The SMILES string of the molecule is CC1(C)C(=O)N(c2ccc(C#N)c(C(F)(F)F)c2F)C(=S)N1c1ccc(-c2ccc(C(=O)NC3CCN(CCC=O)C3)cc2)nc1. The fourth-order valence-electron chi connectivity index (χ4n) is 5.69. The molecule has 238 valence electrons. The summed E-state index contributed by atoms with van der Waals surface area (Å²) >= 11 is 5.49. The molecule has 2 saturated heterocycles. The van der Waals surface area contributed by atoms with E-state index in [0.29, 0.717) is 46.9 Å². The van der Waals surface area contributed by atoms with Gasteiger partial charge in [-0.3, -0.25) is 19.5 Å². The lowest BCUT2D eigenvalue weighted by atomic mass is 10.0. The van der Waals surface area contributed by atoms with E-state index in [1.807, 2.05) is 0 Å². The van der Waals surface area contributed by atoms with Gasteiger partial charge in [-0.2, -0.15) is 18.4 Å². The first-order chi connectivity index (χ1) is 21.8. The molecular weight excluding hydrogens is 624 g/mol. The Labute approximate surface area is 267 Å². The molecule has 0 saturated carbocycles. The van der Waals surface area contributed by atoms with Crippen LogP contribution in [0.25, 0.3) is 11.3 Å². The number of rotatable bonds is 8. The number of likely N-dealkylation sites (tertiary alicyclic amines) is 1. The van der Waals surface area contributed by atoms with Crippen molar-refractivity contribution in [3.8, 4) is 17.3 Å². The maximum atomic E-state index is 15.3. The highest BCUT2D eigenvalue weighted by atomic mass is 32.1. The molecule has 2 aromatic carbocycles. The van der Waals surface area contributed by atoms with Crippen molar-refractivity contribution in [2.75, 3.05) is 29.4 Å². The van der Waals surface area contributed by atoms with Gasteiger partial charge in [0.15, 0.2) is 10.9 Å². The Hall–Kier alpha value is -4.74. The third-order valence-corrected chi connectivity index (χ3v) is 8.42. The number of hydrogen-bond donors (Lipinski definition) is 1. The van der Waals surface area contributed by atoms with Crippen LogP contribution in [0.5, 0.6) is 0 Å². The monoisotopic (exact) mass is 652 g/mol. The van der Waals surface area contributed by atoms with Crippen molar-refractivity contribution in [1.82, 2.24) is 15.2 Å². The number of amides is 2. The molecule has 2 aliphatic heterocycles. The van der Waals surface area contributed by atoms with E-state index in [0.717, 1.165) is 31.4 Å². The van der Waals surface area contributed by atoms with Crippen molar-refractivity contribution in [3.05, 3.63) is 77.2 Å². The standard InChI is InChI=1S/C32H28F4N6O3S/c1-31(2)29(45)41(25-11-8-21(16-37)26(27(25)33)32(34,35)36)30(46)42(31)23-9-10-24(38-17-23)19-4-6-20(7-5-19)28(44)39-22-12-14-40(18-22)13-3-15-43/h4-11,15,17,22H,3,12-14,18H2,1-2H3,(H,39,44). The van der Waals surface area contributed by atoms with Crippen molar-refractivity contribution >= 4 is 46.8 Å². The molecule has 14 heteroatoms. The van der Waals surface area contributed by atoms with E-state index in [4.69, 9.17) is 17.5 Å². The third kappa shape index (κ3) is 6.08. The van der Waals surface area contributed by atoms with Crippen molar-refractivity contribution < 1.29 is 31.9 Å². The van der Waals surface area contributed by atoms with Gasteiger partial charge in [0.05, 0.1) is 34.9 Å². The summed E-state index contributed by atoms with van der Waals surface area (Å²) in [6.07, 6.45) is -1.60. The minimum absolute atomic E-state index is 0.00291. The largest absolute Gasteiger partial charge is 0.420 e. The number of anilines is 2. The van der Waals surface area contributed by atoms with Crippen LogP contribution in [0.2, 0.25) is 0 Å². The van der Waals surface area contributed by atoms with Crippen molar-refractivity contribution in [3.63, 3.8) is 0 Å². The molecule has 0 aliphatic carbocycles. The fraction of sp³-hybridized carbons (Fsp3) is 0.312. The molecule has 3 heterocycles. The number of pyridine rings is 1. The second-order valence-electron chi connectivity index (χ2n) is 11.4. The predicted octanol–water partition coefficient (Wildman–Crippen LogP) is 5.09. The number of nitrogens with zero attached hydrogens (tertiary/aromatic N) is 5. The molecule has 0 spiro atoms. The van der Waals surface area contributed by atoms with Crippen LogP contribution >= 0.6 is 12.2 Å². The number of carbonyl (C=O) groups is 3. The Morgan fingerprint density at radius 2 is 1.89 bits per heavy atom. The Morgan fingerprint density at radius 1 is 1.17 bits per heavy atom. The molecule has 0 radical (unpaired) electrons. The number of hydrogen-bond acceptors (Lipinski definition) is 7. The number of aromatic nitrogens is 1. The topological polar surface area (TPSA) is 110 Å². The minimum Gasteiger partial charge on any atom is -0.348 e. The van der Waals surface area contributed by atoms with Gasteiger partial charge in [0, 0.05) is 43.2 Å². The van der Waals surface area contributed by atoms with Crippen molar-refractivity contribution in [2.45, 2.75) is 44.4 Å². The van der Waals surface area contributed by atoms with E-state index < -0.39 is 40.3 Å². The summed E-state index contributed by atoms with van der Waals surface area (Å²) in [5, 5.41) is 11.9. The van der Waals surface area contributed by atoms with Crippen molar-refractivity contribution in [2.24, 2.45) is 0 Å². The van der Waals surface area contributed by atoms with Crippen LogP contribution in [0.15, 0.2) is 54.7 Å². The lowest BCUT2D eigenvalue weighted by Crippen LogP contribution is -2.44. The second kappa shape index (κ2) is 12.6. The summed E-state index contributed by atoms with van der Waals surface area (Å²) in [4.78, 5) is 45.5. The highest BCUT2D eigenvalue weighted by molar-refractivity contribution is 7.81. The number of benzene rings is 2. The second-order valence-corrected chi connectivity index (χ2v) is 11.8. The van der Waals surface area contributed by atoms with Crippen LogP contribution in [0.4, 0.5) is 28.9 Å². The molecule has 9 nitrogen and oxygen atoms in total. The molecule has 3 aromatic rings. The zero-order chi connectivity index (χ0) is 33.4. The number of nitriles is 1. The summed E-state index contributed by atoms with van der Waals surface area (Å²) < 4.78 is 56.2. The van der Waals surface area contributed by atoms with Crippen LogP contribution in [0.3, 0.4) is 0 Å². The van der Waals surface area contributed by atoms with Crippen LogP contribution in [0, 0.1) is 17.1 Å². The smallest absolute Gasteiger partial charge is 0.348 e. The quantitative estimate of drug-likeness (QED) is 0.204. The highest BCUT2D eigenvalue weighted by Crippen LogP contribution is 2.42. The first-order valence-corrected chi connectivity index (χ1v) is 14.7. The Bertz CT molecular complexity index is 1740. The molecule has 1 aromatic heterocycles. The van der Waals surface area contributed by atoms with Gasteiger partial charge in [0.2, 0.25) is 0 Å². The maximum absolute atomic E-state index is 15.3. The van der Waals surface area contributed by atoms with Crippen LogP contribution in [-0.4, -0.2) is 64.3 Å². The van der Waals surface area contributed by atoms with E-state index in [9.17, 15) is 27.6 Å². The number of alkyl halides is 3. The van der Waals surface area contributed by atoms with Gasteiger partial charge in [-0.15, -0.1) is 0 Å².